The molecule has 178 valence electrons. The third kappa shape index (κ3) is 6.02. The van der Waals surface area contributed by atoms with Gasteiger partial charge >= 0.3 is 5.97 Å². The fourth-order valence-electron chi connectivity index (χ4n) is 2.77. The molecule has 0 amide bonds. The number of rotatable bonds is 11. The Morgan fingerprint density at radius 1 is 1.12 bits per heavy atom. The van der Waals surface area contributed by atoms with Gasteiger partial charge in [0.1, 0.15) is 5.75 Å². The number of carboxylic acid groups (broad SMARTS) is 1. The van der Waals surface area contributed by atoms with Crippen LogP contribution in [0.5, 0.6) is 5.75 Å². The van der Waals surface area contributed by atoms with Crippen LogP contribution in [-0.4, -0.2) is 41.5 Å². The molecule has 0 aliphatic carbocycles. The molecule has 0 bridgehead atoms. The Morgan fingerprint density at radius 3 is 2.21 bits per heavy atom. The smallest absolute Gasteiger partial charge is 0.348 e. The number of carboxylic acids is 1. The number of nitrogens with one attached hydrogen (secondary N) is 1. The van der Waals surface area contributed by atoms with E-state index in [0.717, 1.165) is 12.1 Å². The van der Waals surface area contributed by atoms with Crippen molar-refractivity contribution in [1.29, 1.82) is 0 Å². The molecule has 0 heterocycles. The summed E-state index contributed by atoms with van der Waals surface area (Å²) in [6.07, 6.45) is 0.223. The zero-order valence-electron chi connectivity index (χ0n) is 18.0. The number of nitro benzene ring substituents is 2. The molecule has 0 radical (unpaired) electrons. The topological polar surface area (TPSA) is 179 Å². The van der Waals surface area contributed by atoms with E-state index >= 15 is 0 Å². The molecule has 2 N–H and O–H groups in total. The first-order valence-corrected chi connectivity index (χ1v) is 11.2. The van der Waals surface area contributed by atoms with Crippen molar-refractivity contribution in [1.82, 2.24) is 4.72 Å². The van der Waals surface area contributed by atoms with Gasteiger partial charge in [-0.3, -0.25) is 20.2 Å². The van der Waals surface area contributed by atoms with Crippen molar-refractivity contribution in [3.05, 3.63) is 68.3 Å². The number of ether oxygens (including phenoxy) is 1. The molecule has 0 aromatic heterocycles. The minimum atomic E-state index is -4.30. The first-order chi connectivity index (χ1) is 15.3. The van der Waals surface area contributed by atoms with Gasteiger partial charge in [0.25, 0.3) is 11.4 Å². The lowest BCUT2D eigenvalue weighted by Gasteiger charge is -2.30. The summed E-state index contributed by atoms with van der Waals surface area (Å²) >= 11 is 0. The number of nitrogens with zero attached hydrogens (tertiary/aromatic N) is 2. The molecule has 0 spiro atoms. The van der Waals surface area contributed by atoms with Crippen molar-refractivity contribution in [2.24, 2.45) is 5.92 Å². The SMILES string of the molecule is CC(C)C(C)(Oc1ccc(CCNS(=O)(=O)c2ccc([N+](=O)[O-])cc2[N+](=O)[O-])cc1)C(=O)O. The monoisotopic (exact) mass is 481 g/mol. The first kappa shape index (κ1) is 25.7. The average molecular weight is 481 g/mol. The Hall–Kier alpha value is -3.58. The maximum Gasteiger partial charge on any atom is 0.348 e. The van der Waals surface area contributed by atoms with Gasteiger partial charge in [-0.15, -0.1) is 0 Å². The second-order valence-corrected chi connectivity index (χ2v) is 9.36. The Morgan fingerprint density at radius 2 is 1.73 bits per heavy atom. The Kier molecular flexibility index (Phi) is 7.72. The predicted molar refractivity (Wildman–Crippen MR) is 117 cm³/mol. The molecule has 33 heavy (non-hydrogen) atoms. The quantitative estimate of drug-likeness (QED) is 0.360. The van der Waals surface area contributed by atoms with Crippen LogP contribution in [-0.2, 0) is 21.2 Å². The van der Waals surface area contributed by atoms with E-state index in [1.807, 2.05) is 0 Å². The molecule has 2 rings (SSSR count). The highest BCUT2D eigenvalue weighted by atomic mass is 32.2. The van der Waals surface area contributed by atoms with E-state index in [2.05, 4.69) is 4.72 Å². The van der Waals surface area contributed by atoms with Crippen LogP contribution in [0.15, 0.2) is 47.4 Å². The van der Waals surface area contributed by atoms with Crippen molar-refractivity contribution in [3.63, 3.8) is 0 Å². The lowest BCUT2D eigenvalue weighted by Crippen LogP contribution is -2.46. The summed E-state index contributed by atoms with van der Waals surface area (Å²) in [6.45, 7) is 4.82. The summed E-state index contributed by atoms with van der Waals surface area (Å²) in [5, 5.41) is 31.4. The Balaban J connectivity index is 2.09. The van der Waals surface area contributed by atoms with Crippen molar-refractivity contribution in [2.75, 3.05) is 6.54 Å². The number of nitro groups is 2. The molecule has 2 aromatic carbocycles. The highest BCUT2D eigenvalue weighted by Gasteiger charge is 2.39. The Bertz CT molecular complexity index is 1160. The maximum atomic E-state index is 12.5. The second-order valence-electron chi connectivity index (χ2n) is 7.63. The molecular weight excluding hydrogens is 458 g/mol. The van der Waals surface area contributed by atoms with E-state index in [1.165, 1.54) is 6.92 Å². The first-order valence-electron chi connectivity index (χ1n) is 9.71. The summed E-state index contributed by atoms with van der Waals surface area (Å²) in [5.74, 6) is -1.07. The molecular formula is C20H23N3O9S. The number of hydrogen-bond donors (Lipinski definition) is 2. The largest absolute Gasteiger partial charge is 0.478 e. The van der Waals surface area contributed by atoms with Gasteiger partial charge in [-0.05, 0) is 37.1 Å². The molecule has 1 unspecified atom stereocenters. The van der Waals surface area contributed by atoms with Crippen LogP contribution in [0.1, 0.15) is 26.3 Å². The number of non-ortho nitro benzene ring substituents is 1. The summed E-state index contributed by atoms with van der Waals surface area (Å²) in [5.41, 5.74) is -2.22. The van der Waals surface area contributed by atoms with E-state index in [1.54, 1.807) is 38.1 Å². The van der Waals surface area contributed by atoms with Crippen LogP contribution < -0.4 is 9.46 Å². The summed E-state index contributed by atoms with van der Waals surface area (Å²) < 4.78 is 32.9. The van der Waals surface area contributed by atoms with E-state index in [0.29, 0.717) is 17.4 Å². The molecule has 0 saturated heterocycles. The summed E-state index contributed by atoms with van der Waals surface area (Å²) in [4.78, 5) is 31.0. The standard InChI is InChI=1S/C20H23N3O9S/c1-13(2)20(3,19(24)25)32-16-7-4-14(5-8-16)10-11-21-33(30,31)18-9-6-15(22(26)27)12-17(18)23(28)29/h4-9,12-13,21H,10-11H2,1-3H3,(H,24,25). The van der Waals surface area contributed by atoms with Crippen LogP contribution in [0.4, 0.5) is 11.4 Å². The van der Waals surface area contributed by atoms with E-state index in [-0.39, 0.29) is 18.9 Å². The van der Waals surface area contributed by atoms with Crippen LogP contribution in [0.25, 0.3) is 0 Å². The van der Waals surface area contributed by atoms with Gasteiger partial charge in [0.2, 0.25) is 15.6 Å². The van der Waals surface area contributed by atoms with Crippen molar-refractivity contribution >= 4 is 27.4 Å². The van der Waals surface area contributed by atoms with Gasteiger partial charge in [-0.25, -0.2) is 17.9 Å². The van der Waals surface area contributed by atoms with Gasteiger partial charge in [0.05, 0.1) is 15.9 Å². The summed E-state index contributed by atoms with van der Waals surface area (Å²) in [7, 11) is -4.30. The number of aliphatic carboxylic acids is 1. The number of hydrogen-bond acceptors (Lipinski definition) is 8. The highest BCUT2D eigenvalue weighted by molar-refractivity contribution is 7.89. The third-order valence-electron chi connectivity index (χ3n) is 5.12. The minimum absolute atomic E-state index is 0.102. The van der Waals surface area contributed by atoms with Crippen LogP contribution >= 0.6 is 0 Å². The van der Waals surface area contributed by atoms with Crippen LogP contribution in [0, 0.1) is 26.1 Å². The molecule has 0 aliphatic rings. The van der Waals surface area contributed by atoms with Crippen molar-refractivity contribution < 1.29 is 32.9 Å². The van der Waals surface area contributed by atoms with Gasteiger partial charge in [-0.2, -0.15) is 0 Å². The van der Waals surface area contributed by atoms with E-state index in [9.17, 15) is 38.5 Å². The van der Waals surface area contributed by atoms with Gasteiger partial charge < -0.3 is 9.84 Å². The lowest BCUT2D eigenvalue weighted by atomic mass is 9.92. The fourth-order valence-corrected chi connectivity index (χ4v) is 3.96. The average Bonchev–Trinajstić information content (AvgIpc) is 2.74. The van der Waals surface area contributed by atoms with Gasteiger partial charge in [0.15, 0.2) is 4.90 Å². The number of benzene rings is 2. The third-order valence-corrected chi connectivity index (χ3v) is 6.63. The molecule has 0 saturated carbocycles. The second kappa shape index (κ2) is 9.92. The summed E-state index contributed by atoms with van der Waals surface area (Å²) in [6, 6.07) is 8.70. The van der Waals surface area contributed by atoms with Crippen molar-refractivity contribution in [2.45, 2.75) is 37.7 Å². The molecule has 2 aromatic rings. The normalized spacial score (nSPS) is 13.3. The molecule has 12 nitrogen and oxygen atoms in total. The predicted octanol–water partition coefficient (Wildman–Crippen LogP) is 2.90. The lowest BCUT2D eigenvalue weighted by molar-refractivity contribution is -0.396. The van der Waals surface area contributed by atoms with Crippen LogP contribution in [0.2, 0.25) is 0 Å². The molecule has 0 fully saturated rings. The molecule has 1 atom stereocenters. The van der Waals surface area contributed by atoms with Crippen molar-refractivity contribution in [3.8, 4) is 5.75 Å². The fraction of sp³-hybridized carbons (Fsp3) is 0.350. The number of sulfonamides is 1. The number of carbonyl (C=O) groups is 1. The van der Waals surface area contributed by atoms with Gasteiger partial charge in [0, 0.05) is 18.5 Å². The molecule has 13 heteroatoms. The molecule has 0 aliphatic heterocycles. The maximum absolute atomic E-state index is 12.5. The van der Waals surface area contributed by atoms with Gasteiger partial charge in [-0.1, -0.05) is 26.0 Å². The van der Waals surface area contributed by atoms with E-state index < -0.39 is 47.7 Å². The zero-order valence-corrected chi connectivity index (χ0v) is 18.9. The zero-order chi connectivity index (χ0) is 25.0. The minimum Gasteiger partial charge on any atom is -0.478 e. The van der Waals surface area contributed by atoms with Crippen LogP contribution in [0.3, 0.4) is 0 Å². The highest BCUT2D eigenvalue weighted by Crippen LogP contribution is 2.28. The van der Waals surface area contributed by atoms with E-state index in [4.69, 9.17) is 4.74 Å². The Labute approximate surface area is 189 Å².